The highest BCUT2D eigenvalue weighted by molar-refractivity contribution is 6.02. The molecule has 7 heteroatoms. The Balaban J connectivity index is 2.23. The molecule has 2 aromatic carbocycles. The summed E-state index contributed by atoms with van der Waals surface area (Å²) >= 11 is 0. The van der Waals surface area contributed by atoms with E-state index in [0.717, 1.165) is 24.2 Å². The Labute approximate surface area is 170 Å². The Morgan fingerprint density at radius 3 is 2.45 bits per heavy atom. The van der Waals surface area contributed by atoms with Gasteiger partial charge in [0.1, 0.15) is 29.4 Å². The fourth-order valence-corrected chi connectivity index (χ4v) is 2.86. The van der Waals surface area contributed by atoms with Gasteiger partial charge in [-0.05, 0) is 41.7 Å². The summed E-state index contributed by atoms with van der Waals surface area (Å²) in [6.45, 7) is 9.26. The third kappa shape index (κ3) is 5.63. The molecule has 2 rings (SSSR count). The van der Waals surface area contributed by atoms with Crippen LogP contribution in [0.3, 0.4) is 0 Å². The standard InChI is InChI=1S/C22H28N2O5/c1-5-10-23-18-9-6-14(11-17(18)22(2,3)4)19(24-28)13-29-15-7-8-16(21(26)27)20(25)12-15/h6-9,11-12,23,25,28H,5,10,13H2,1-4H3,(H,26,27). The molecule has 156 valence electrons. The van der Waals surface area contributed by atoms with Gasteiger partial charge in [0.25, 0.3) is 0 Å². The van der Waals surface area contributed by atoms with Gasteiger partial charge in [0.05, 0.1) is 0 Å². The Morgan fingerprint density at radius 1 is 1.17 bits per heavy atom. The van der Waals surface area contributed by atoms with Gasteiger partial charge in [0.15, 0.2) is 0 Å². The molecule has 0 aliphatic rings. The van der Waals surface area contributed by atoms with Crippen LogP contribution in [0.1, 0.15) is 55.6 Å². The van der Waals surface area contributed by atoms with Gasteiger partial charge in [-0.2, -0.15) is 0 Å². The van der Waals surface area contributed by atoms with E-state index < -0.39 is 5.97 Å². The number of hydrogen-bond donors (Lipinski definition) is 4. The van der Waals surface area contributed by atoms with Gasteiger partial charge in [0, 0.05) is 23.9 Å². The highest BCUT2D eigenvalue weighted by Gasteiger charge is 2.20. The van der Waals surface area contributed by atoms with Crippen molar-refractivity contribution in [3.05, 3.63) is 53.1 Å². The largest absolute Gasteiger partial charge is 0.507 e. The summed E-state index contributed by atoms with van der Waals surface area (Å²) in [5.74, 6) is -1.34. The summed E-state index contributed by atoms with van der Waals surface area (Å²) in [5.41, 5.74) is 2.83. The van der Waals surface area contributed by atoms with Crippen LogP contribution in [-0.4, -0.2) is 40.3 Å². The molecule has 0 aliphatic heterocycles. The van der Waals surface area contributed by atoms with E-state index in [1.54, 1.807) is 0 Å². The number of rotatable bonds is 8. The van der Waals surface area contributed by atoms with Gasteiger partial charge >= 0.3 is 5.97 Å². The van der Waals surface area contributed by atoms with Crippen LogP contribution in [0.2, 0.25) is 0 Å². The summed E-state index contributed by atoms with van der Waals surface area (Å²) in [6, 6.07) is 9.71. The van der Waals surface area contributed by atoms with Crippen LogP contribution in [0.4, 0.5) is 5.69 Å². The quantitative estimate of drug-likeness (QED) is 0.296. The number of anilines is 1. The second kappa shape index (κ2) is 9.32. The molecule has 0 unspecified atom stereocenters. The third-order valence-electron chi connectivity index (χ3n) is 4.42. The topological polar surface area (TPSA) is 111 Å². The molecule has 0 aromatic heterocycles. The molecule has 0 saturated heterocycles. The van der Waals surface area contributed by atoms with Crippen molar-refractivity contribution in [2.75, 3.05) is 18.5 Å². The van der Waals surface area contributed by atoms with Crippen molar-refractivity contribution in [1.29, 1.82) is 0 Å². The van der Waals surface area contributed by atoms with Crippen molar-refractivity contribution in [3.8, 4) is 11.5 Å². The minimum atomic E-state index is -1.22. The number of ether oxygens (including phenoxy) is 1. The molecule has 0 saturated carbocycles. The van der Waals surface area contributed by atoms with E-state index >= 15 is 0 Å². The number of benzene rings is 2. The Bertz CT molecular complexity index is 901. The maximum atomic E-state index is 11.0. The predicted octanol–water partition coefficient (Wildman–Crippen LogP) is 4.47. The second-order valence-electron chi connectivity index (χ2n) is 7.76. The van der Waals surface area contributed by atoms with Crippen LogP contribution in [0, 0.1) is 0 Å². The van der Waals surface area contributed by atoms with Crippen molar-refractivity contribution in [3.63, 3.8) is 0 Å². The van der Waals surface area contributed by atoms with Gasteiger partial charge in [-0.25, -0.2) is 4.79 Å². The van der Waals surface area contributed by atoms with Gasteiger partial charge in [0.2, 0.25) is 0 Å². The molecule has 0 radical (unpaired) electrons. The zero-order valence-electron chi connectivity index (χ0n) is 17.2. The summed E-state index contributed by atoms with van der Waals surface area (Å²) < 4.78 is 5.59. The van der Waals surface area contributed by atoms with Crippen molar-refractivity contribution >= 4 is 17.4 Å². The van der Waals surface area contributed by atoms with E-state index in [1.807, 2.05) is 18.2 Å². The van der Waals surface area contributed by atoms with E-state index in [0.29, 0.717) is 11.3 Å². The molecule has 7 nitrogen and oxygen atoms in total. The van der Waals surface area contributed by atoms with Crippen molar-refractivity contribution in [2.45, 2.75) is 39.5 Å². The first kappa shape index (κ1) is 22.1. The normalized spacial score (nSPS) is 11.9. The van der Waals surface area contributed by atoms with E-state index in [1.165, 1.54) is 18.2 Å². The van der Waals surface area contributed by atoms with Crippen molar-refractivity contribution in [1.82, 2.24) is 0 Å². The molecule has 0 atom stereocenters. The molecule has 0 fully saturated rings. The second-order valence-corrected chi connectivity index (χ2v) is 7.76. The number of carboxylic acid groups (broad SMARTS) is 1. The minimum Gasteiger partial charge on any atom is -0.507 e. The SMILES string of the molecule is CCCNc1ccc(C(COc2ccc(C(=O)O)c(O)c2)=NO)cc1C(C)(C)C. The van der Waals surface area contributed by atoms with Gasteiger partial charge in [-0.1, -0.05) is 38.9 Å². The number of carboxylic acids is 1. The molecule has 0 aliphatic carbocycles. The fourth-order valence-electron chi connectivity index (χ4n) is 2.86. The minimum absolute atomic E-state index is 0.0479. The van der Waals surface area contributed by atoms with E-state index in [4.69, 9.17) is 9.84 Å². The maximum Gasteiger partial charge on any atom is 0.339 e. The smallest absolute Gasteiger partial charge is 0.339 e. The van der Waals surface area contributed by atoms with E-state index in [9.17, 15) is 15.1 Å². The number of nitrogens with zero attached hydrogens (tertiary/aromatic N) is 1. The number of carbonyl (C=O) groups is 1. The highest BCUT2D eigenvalue weighted by atomic mass is 16.5. The van der Waals surface area contributed by atoms with Crippen LogP contribution in [0.25, 0.3) is 0 Å². The maximum absolute atomic E-state index is 11.0. The summed E-state index contributed by atoms with van der Waals surface area (Å²) in [6.07, 6.45) is 1.01. The number of aromatic carboxylic acids is 1. The van der Waals surface area contributed by atoms with E-state index in [2.05, 4.69) is 38.2 Å². The lowest BCUT2D eigenvalue weighted by atomic mass is 9.84. The number of aromatic hydroxyl groups is 1. The Kier molecular flexibility index (Phi) is 7.09. The molecule has 0 amide bonds. The average molecular weight is 400 g/mol. The lowest BCUT2D eigenvalue weighted by Crippen LogP contribution is -2.18. The monoisotopic (exact) mass is 400 g/mol. The first-order valence-electron chi connectivity index (χ1n) is 9.46. The fraction of sp³-hybridized carbons (Fsp3) is 0.364. The first-order chi connectivity index (χ1) is 13.7. The number of nitrogens with one attached hydrogen (secondary N) is 1. The van der Waals surface area contributed by atoms with Crippen LogP contribution >= 0.6 is 0 Å². The molecule has 0 bridgehead atoms. The lowest BCUT2D eigenvalue weighted by Gasteiger charge is -2.24. The lowest BCUT2D eigenvalue weighted by molar-refractivity contribution is 0.0693. The predicted molar refractivity (Wildman–Crippen MR) is 113 cm³/mol. The molecule has 4 N–H and O–H groups in total. The Hall–Kier alpha value is -3.22. The van der Waals surface area contributed by atoms with Gasteiger partial charge < -0.3 is 25.5 Å². The molecular formula is C22H28N2O5. The van der Waals surface area contributed by atoms with Crippen LogP contribution < -0.4 is 10.1 Å². The van der Waals surface area contributed by atoms with Gasteiger partial charge in [-0.3, -0.25) is 0 Å². The van der Waals surface area contributed by atoms with Crippen LogP contribution in [-0.2, 0) is 5.41 Å². The van der Waals surface area contributed by atoms with E-state index in [-0.39, 0.29) is 29.1 Å². The molecular weight excluding hydrogens is 372 g/mol. The molecule has 0 heterocycles. The highest BCUT2D eigenvalue weighted by Crippen LogP contribution is 2.31. The van der Waals surface area contributed by atoms with Gasteiger partial charge in [-0.15, -0.1) is 0 Å². The summed E-state index contributed by atoms with van der Waals surface area (Å²) in [4.78, 5) is 11.0. The van der Waals surface area contributed by atoms with Crippen LogP contribution in [0.15, 0.2) is 41.6 Å². The summed E-state index contributed by atoms with van der Waals surface area (Å²) in [7, 11) is 0. The van der Waals surface area contributed by atoms with Crippen molar-refractivity contribution in [2.24, 2.45) is 5.16 Å². The number of phenols is 1. The number of hydrogen-bond acceptors (Lipinski definition) is 6. The number of oxime groups is 1. The molecule has 2 aromatic rings. The van der Waals surface area contributed by atoms with Crippen molar-refractivity contribution < 1.29 is 25.0 Å². The van der Waals surface area contributed by atoms with Crippen LogP contribution in [0.5, 0.6) is 11.5 Å². The third-order valence-corrected chi connectivity index (χ3v) is 4.42. The molecule has 0 spiro atoms. The summed E-state index contributed by atoms with van der Waals surface area (Å²) in [5, 5.41) is 35.0. The zero-order valence-corrected chi connectivity index (χ0v) is 17.2. The average Bonchev–Trinajstić information content (AvgIpc) is 2.66. The zero-order chi connectivity index (χ0) is 21.6. The first-order valence-corrected chi connectivity index (χ1v) is 9.46. The molecule has 29 heavy (non-hydrogen) atoms. The Morgan fingerprint density at radius 2 is 1.90 bits per heavy atom.